The summed E-state index contributed by atoms with van der Waals surface area (Å²) in [5.74, 6) is 0.859. The molecule has 0 unspecified atom stereocenters. The van der Waals surface area contributed by atoms with Crippen LogP contribution in [0.4, 0.5) is 0 Å². The van der Waals surface area contributed by atoms with Gasteiger partial charge in [-0.2, -0.15) is 5.10 Å². The minimum absolute atomic E-state index is 0.381. The third-order valence-electron chi connectivity index (χ3n) is 2.43. The van der Waals surface area contributed by atoms with Crippen LogP contribution in [0.3, 0.4) is 0 Å². The van der Waals surface area contributed by atoms with E-state index in [4.69, 9.17) is 16.3 Å². The summed E-state index contributed by atoms with van der Waals surface area (Å²) in [6.07, 6.45) is 0.727. The van der Waals surface area contributed by atoms with E-state index in [-0.39, 0.29) is 0 Å². The number of aromatic nitrogens is 2. The molecular weight excluding hydrogens is 320 g/mol. The fourth-order valence-electron chi connectivity index (χ4n) is 1.57. The van der Waals surface area contributed by atoms with E-state index in [1.165, 1.54) is 4.68 Å². The molecule has 2 aromatic rings. The zero-order chi connectivity index (χ0) is 13.3. The Kier molecular flexibility index (Phi) is 3.73. The first-order chi connectivity index (χ1) is 8.52. The summed E-state index contributed by atoms with van der Waals surface area (Å²) in [6, 6.07) is 5.26. The maximum atomic E-state index is 11.0. The van der Waals surface area contributed by atoms with Gasteiger partial charge in [-0.1, -0.05) is 27.5 Å². The van der Waals surface area contributed by atoms with Crippen molar-refractivity contribution in [2.75, 3.05) is 0 Å². The first-order valence-electron chi connectivity index (χ1n) is 5.14. The molecule has 6 heteroatoms. The lowest BCUT2D eigenvalue weighted by Gasteiger charge is -2.08. The van der Waals surface area contributed by atoms with Gasteiger partial charge >= 0.3 is 0 Å². The molecule has 1 heterocycles. The number of halogens is 2. The third-order valence-corrected chi connectivity index (χ3v) is 3.22. The van der Waals surface area contributed by atoms with Crippen molar-refractivity contribution in [3.63, 3.8) is 0 Å². The minimum Gasteiger partial charge on any atom is -0.437 e. The molecule has 1 aromatic carbocycles. The lowest BCUT2D eigenvalue weighted by molar-refractivity contribution is 0.112. The molecule has 0 aliphatic carbocycles. The van der Waals surface area contributed by atoms with Crippen LogP contribution in [0.5, 0.6) is 11.6 Å². The number of carbonyl (C=O) groups excluding carboxylic acids is 1. The minimum atomic E-state index is 0.381. The number of hydrogen-bond acceptors (Lipinski definition) is 3. The van der Waals surface area contributed by atoms with Crippen molar-refractivity contribution < 1.29 is 9.53 Å². The van der Waals surface area contributed by atoms with Gasteiger partial charge in [-0.3, -0.25) is 4.79 Å². The third kappa shape index (κ3) is 2.42. The summed E-state index contributed by atoms with van der Waals surface area (Å²) < 4.78 is 8.02. The molecule has 0 N–H and O–H groups in total. The fourth-order valence-corrected chi connectivity index (χ4v) is 2.28. The maximum absolute atomic E-state index is 11.0. The average Bonchev–Trinajstić information content (AvgIpc) is 2.57. The van der Waals surface area contributed by atoms with Gasteiger partial charge in [-0.05, 0) is 25.1 Å². The van der Waals surface area contributed by atoms with E-state index in [1.54, 1.807) is 26.1 Å². The van der Waals surface area contributed by atoms with Crippen molar-refractivity contribution in [3.8, 4) is 11.6 Å². The molecule has 0 aliphatic heterocycles. The highest BCUT2D eigenvalue weighted by Gasteiger charge is 2.16. The van der Waals surface area contributed by atoms with Gasteiger partial charge in [0.25, 0.3) is 0 Å². The topological polar surface area (TPSA) is 44.1 Å². The summed E-state index contributed by atoms with van der Waals surface area (Å²) in [7, 11) is 1.71. The van der Waals surface area contributed by atoms with Crippen molar-refractivity contribution in [1.82, 2.24) is 9.78 Å². The van der Waals surface area contributed by atoms with Gasteiger partial charge in [0.2, 0.25) is 5.88 Å². The molecule has 0 spiro atoms. The van der Waals surface area contributed by atoms with Crippen LogP contribution in [-0.4, -0.2) is 16.1 Å². The maximum Gasteiger partial charge on any atom is 0.228 e. The van der Waals surface area contributed by atoms with Crippen LogP contribution in [0.2, 0.25) is 5.02 Å². The van der Waals surface area contributed by atoms with Crippen LogP contribution in [0.25, 0.3) is 0 Å². The van der Waals surface area contributed by atoms with E-state index in [1.807, 2.05) is 6.07 Å². The number of hydrogen-bond donors (Lipinski definition) is 0. The van der Waals surface area contributed by atoms with Crippen LogP contribution in [0, 0.1) is 6.92 Å². The predicted molar refractivity (Wildman–Crippen MR) is 72.6 cm³/mol. The van der Waals surface area contributed by atoms with Crippen molar-refractivity contribution in [3.05, 3.63) is 39.0 Å². The molecule has 4 nitrogen and oxygen atoms in total. The number of rotatable bonds is 3. The van der Waals surface area contributed by atoms with Gasteiger partial charge in [0, 0.05) is 11.5 Å². The molecule has 0 fully saturated rings. The van der Waals surface area contributed by atoms with Crippen LogP contribution in [-0.2, 0) is 7.05 Å². The van der Waals surface area contributed by atoms with Gasteiger partial charge in [0.15, 0.2) is 6.29 Å². The van der Waals surface area contributed by atoms with Gasteiger partial charge < -0.3 is 4.74 Å². The molecule has 0 saturated carbocycles. The molecule has 0 aliphatic rings. The Hall–Kier alpha value is -1.33. The smallest absolute Gasteiger partial charge is 0.228 e. The van der Waals surface area contributed by atoms with Crippen molar-refractivity contribution in [2.24, 2.45) is 7.05 Å². The molecule has 1 aromatic heterocycles. The second-order valence-electron chi connectivity index (χ2n) is 3.72. The van der Waals surface area contributed by atoms with E-state index in [0.717, 1.165) is 10.8 Å². The largest absolute Gasteiger partial charge is 0.437 e. The second-order valence-corrected chi connectivity index (χ2v) is 5.05. The number of aldehydes is 1. The van der Waals surface area contributed by atoms with Crippen molar-refractivity contribution >= 4 is 33.8 Å². The highest BCUT2D eigenvalue weighted by molar-refractivity contribution is 9.10. The second kappa shape index (κ2) is 5.12. The summed E-state index contributed by atoms with van der Waals surface area (Å²) in [5, 5.41) is 4.59. The van der Waals surface area contributed by atoms with Crippen LogP contribution < -0.4 is 4.74 Å². The molecule has 94 valence electrons. The molecule has 0 amide bonds. The van der Waals surface area contributed by atoms with Crippen molar-refractivity contribution in [2.45, 2.75) is 6.92 Å². The SMILES string of the molecule is Cc1nn(C)c(Oc2ccc(Br)cc2Cl)c1C=O. The molecular formula is C12H10BrClN2O2. The van der Waals surface area contributed by atoms with Crippen LogP contribution in [0.15, 0.2) is 22.7 Å². The van der Waals surface area contributed by atoms with E-state index < -0.39 is 0 Å². The lowest BCUT2D eigenvalue weighted by atomic mass is 10.3. The Morgan fingerprint density at radius 2 is 2.22 bits per heavy atom. The molecule has 0 saturated heterocycles. The zero-order valence-electron chi connectivity index (χ0n) is 9.78. The van der Waals surface area contributed by atoms with Gasteiger partial charge in [-0.25, -0.2) is 4.68 Å². The predicted octanol–water partition coefficient (Wildman–Crippen LogP) is 3.75. The summed E-state index contributed by atoms with van der Waals surface area (Å²) >= 11 is 9.38. The number of nitrogens with zero attached hydrogens (tertiary/aromatic N) is 2. The van der Waals surface area contributed by atoms with E-state index in [9.17, 15) is 4.79 Å². The van der Waals surface area contributed by atoms with E-state index in [0.29, 0.717) is 27.9 Å². The summed E-state index contributed by atoms with van der Waals surface area (Å²) in [6.45, 7) is 1.75. The average molecular weight is 330 g/mol. The molecule has 0 bridgehead atoms. The Bertz CT molecular complexity index is 610. The Labute approximate surface area is 118 Å². The quantitative estimate of drug-likeness (QED) is 0.806. The highest BCUT2D eigenvalue weighted by atomic mass is 79.9. The van der Waals surface area contributed by atoms with Gasteiger partial charge in [-0.15, -0.1) is 0 Å². The van der Waals surface area contributed by atoms with Crippen LogP contribution >= 0.6 is 27.5 Å². The first-order valence-corrected chi connectivity index (χ1v) is 6.31. The lowest BCUT2D eigenvalue weighted by Crippen LogP contribution is -1.97. The highest BCUT2D eigenvalue weighted by Crippen LogP contribution is 2.33. The summed E-state index contributed by atoms with van der Waals surface area (Å²) in [5.41, 5.74) is 1.05. The number of ether oxygens (including phenoxy) is 1. The Balaban J connectivity index is 2.42. The number of benzene rings is 1. The monoisotopic (exact) mass is 328 g/mol. The number of aryl methyl sites for hydroxylation is 2. The molecule has 0 atom stereocenters. The molecule has 2 rings (SSSR count). The van der Waals surface area contributed by atoms with Gasteiger partial charge in [0.1, 0.15) is 5.75 Å². The fraction of sp³-hybridized carbons (Fsp3) is 0.167. The standard InChI is InChI=1S/C12H10BrClN2O2/c1-7-9(6-17)12(16(2)15-7)18-11-4-3-8(13)5-10(11)14/h3-6H,1-2H3. The first kappa shape index (κ1) is 13.1. The zero-order valence-corrected chi connectivity index (χ0v) is 12.1. The molecule has 0 radical (unpaired) electrons. The normalized spacial score (nSPS) is 10.4. The Morgan fingerprint density at radius 1 is 1.50 bits per heavy atom. The van der Waals surface area contributed by atoms with E-state index >= 15 is 0 Å². The number of carbonyl (C=O) groups is 1. The van der Waals surface area contributed by atoms with Crippen molar-refractivity contribution in [1.29, 1.82) is 0 Å². The van der Waals surface area contributed by atoms with Crippen LogP contribution in [0.1, 0.15) is 16.1 Å². The Morgan fingerprint density at radius 3 is 2.83 bits per heavy atom. The van der Waals surface area contributed by atoms with Gasteiger partial charge in [0.05, 0.1) is 16.3 Å². The molecule has 18 heavy (non-hydrogen) atoms. The summed E-state index contributed by atoms with van der Waals surface area (Å²) in [4.78, 5) is 11.0. The van der Waals surface area contributed by atoms with E-state index in [2.05, 4.69) is 21.0 Å².